The minimum atomic E-state index is -0.165. The molecule has 1 aromatic carbocycles. The topological polar surface area (TPSA) is 76.4 Å². The van der Waals surface area contributed by atoms with Crippen LogP contribution in [0.1, 0.15) is 42.7 Å². The molecule has 0 unspecified atom stereocenters. The van der Waals surface area contributed by atoms with E-state index in [2.05, 4.69) is 15.8 Å². The van der Waals surface area contributed by atoms with E-state index in [0.29, 0.717) is 35.8 Å². The monoisotopic (exact) mass is 427 g/mol. The van der Waals surface area contributed by atoms with Crippen LogP contribution in [-0.4, -0.2) is 37.3 Å². The molecule has 2 aromatic rings. The van der Waals surface area contributed by atoms with Crippen molar-refractivity contribution < 1.29 is 14.1 Å². The smallest absolute Gasteiger partial charge is 0.291 e. The largest absolute Gasteiger partial charge is 0.473 e. The molecule has 0 radical (unpaired) electrons. The zero-order chi connectivity index (χ0) is 20.5. The van der Waals surface area contributed by atoms with Crippen LogP contribution in [0.25, 0.3) is 0 Å². The quantitative estimate of drug-likeness (QED) is 0.621. The summed E-state index contributed by atoms with van der Waals surface area (Å²) < 4.78 is 11.3. The SMILES string of the molecule is CNCCOc1noc(C(=O)NC2C3CC4CC(C3)CC2C4)c1Sc1ccccc1. The molecule has 4 aliphatic carbocycles. The maximum atomic E-state index is 13.3. The predicted octanol–water partition coefficient (Wildman–Crippen LogP) is 3.98. The number of hydrogen-bond acceptors (Lipinski definition) is 6. The lowest BCUT2D eigenvalue weighted by Crippen LogP contribution is -2.55. The van der Waals surface area contributed by atoms with E-state index >= 15 is 0 Å². The molecular formula is C23H29N3O3S. The molecule has 0 atom stereocenters. The van der Waals surface area contributed by atoms with Crippen LogP contribution in [0, 0.1) is 23.7 Å². The van der Waals surface area contributed by atoms with Crippen molar-refractivity contribution in [2.24, 2.45) is 23.7 Å². The van der Waals surface area contributed by atoms with Crippen molar-refractivity contribution in [1.29, 1.82) is 0 Å². The molecule has 4 fully saturated rings. The first-order chi connectivity index (χ1) is 14.7. The van der Waals surface area contributed by atoms with Crippen LogP contribution in [0.2, 0.25) is 0 Å². The number of carbonyl (C=O) groups is 1. The molecule has 30 heavy (non-hydrogen) atoms. The van der Waals surface area contributed by atoms with E-state index in [1.807, 2.05) is 37.4 Å². The Hall–Kier alpha value is -1.99. The molecule has 6 nitrogen and oxygen atoms in total. The van der Waals surface area contributed by atoms with E-state index < -0.39 is 0 Å². The zero-order valence-electron chi connectivity index (χ0n) is 17.3. The first-order valence-corrected chi connectivity index (χ1v) is 11.8. The average molecular weight is 428 g/mol. The van der Waals surface area contributed by atoms with Crippen molar-refractivity contribution in [1.82, 2.24) is 15.8 Å². The van der Waals surface area contributed by atoms with Crippen LogP contribution < -0.4 is 15.4 Å². The van der Waals surface area contributed by atoms with Gasteiger partial charge in [-0.15, -0.1) is 0 Å². The summed E-state index contributed by atoms with van der Waals surface area (Å²) in [5, 5.41) is 10.5. The molecule has 6 rings (SSSR count). The lowest BCUT2D eigenvalue weighted by Gasteiger charge is -2.54. The number of hydrogen-bond donors (Lipinski definition) is 2. The Bertz CT molecular complexity index is 857. The highest BCUT2D eigenvalue weighted by Crippen LogP contribution is 2.53. The minimum Gasteiger partial charge on any atom is -0.473 e. The highest BCUT2D eigenvalue weighted by atomic mass is 32.2. The van der Waals surface area contributed by atoms with E-state index in [-0.39, 0.29) is 17.7 Å². The fourth-order valence-corrected chi connectivity index (χ4v) is 6.76. The van der Waals surface area contributed by atoms with Gasteiger partial charge < -0.3 is 19.9 Å². The lowest BCUT2D eigenvalue weighted by molar-refractivity contribution is -0.0124. The summed E-state index contributed by atoms with van der Waals surface area (Å²) in [7, 11) is 1.87. The number of nitrogens with zero attached hydrogens (tertiary/aromatic N) is 1. The zero-order valence-corrected chi connectivity index (χ0v) is 18.1. The van der Waals surface area contributed by atoms with E-state index in [1.54, 1.807) is 0 Å². The normalized spacial score (nSPS) is 29.2. The molecule has 2 N–H and O–H groups in total. The molecule has 1 amide bonds. The van der Waals surface area contributed by atoms with E-state index in [1.165, 1.54) is 43.9 Å². The number of benzene rings is 1. The summed E-state index contributed by atoms with van der Waals surface area (Å²) in [4.78, 5) is 14.9. The van der Waals surface area contributed by atoms with Gasteiger partial charge in [0.25, 0.3) is 11.8 Å². The lowest BCUT2D eigenvalue weighted by atomic mass is 9.54. The van der Waals surface area contributed by atoms with Gasteiger partial charge in [-0.2, -0.15) is 0 Å². The highest BCUT2D eigenvalue weighted by molar-refractivity contribution is 7.99. The number of nitrogens with one attached hydrogen (secondary N) is 2. The maximum Gasteiger partial charge on any atom is 0.291 e. The number of ether oxygens (including phenoxy) is 1. The molecule has 4 saturated carbocycles. The summed E-state index contributed by atoms with van der Waals surface area (Å²) in [6.45, 7) is 1.15. The van der Waals surface area contributed by atoms with E-state index in [9.17, 15) is 4.79 Å². The van der Waals surface area contributed by atoms with Gasteiger partial charge in [0.05, 0.1) is 0 Å². The number of likely N-dealkylation sites (N-methyl/N-ethyl adjacent to an activating group) is 1. The van der Waals surface area contributed by atoms with Crippen molar-refractivity contribution >= 4 is 17.7 Å². The van der Waals surface area contributed by atoms with Crippen molar-refractivity contribution in [3.63, 3.8) is 0 Å². The molecule has 7 heteroatoms. The minimum absolute atomic E-state index is 0.165. The summed E-state index contributed by atoms with van der Waals surface area (Å²) in [6.07, 6.45) is 6.45. The molecule has 1 aromatic heterocycles. The van der Waals surface area contributed by atoms with Gasteiger partial charge in [0.1, 0.15) is 11.5 Å². The number of amides is 1. The third-order valence-electron chi connectivity index (χ3n) is 6.90. The fraction of sp³-hybridized carbons (Fsp3) is 0.565. The van der Waals surface area contributed by atoms with Crippen LogP contribution in [-0.2, 0) is 0 Å². The Labute approximate surface area is 181 Å². The first kappa shape index (κ1) is 19.9. The highest BCUT2D eigenvalue weighted by Gasteiger charge is 2.49. The van der Waals surface area contributed by atoms with Crippen molar-refractivity contribution in [2.45, 2.75) is 47.9 Å². The Morgan fingerprint density at radius 2 is 1.83 bits per heavy atom. The van der Waals surface area contributed by atoms with Gasteiger partial charge in [-0.3, -0.25) is 4.79 Å². The van der Waals surface area contributed by atoms with Crippen molar-refractivity contribution in [3.8, 4) is 5.88 Å². The maximum absolute atomic E-state index is 13.3. The molecular weight excluding hydrogens is 398 g/mol. The third kappa shape index (κ3) is 3.97. The van der Waals surface area contributed by atoms with Gasteiger partial charge in [-0.05, 0) is 80.1 Å². The fourth-order valence-electron chi connectivity index (χ4n) is 5.83. The summed E-state index contributed by atoms with van der Waals surface area (Å²) in [5.74, 6) is 3.47. The molecule has 4 aliphatic rings. The van der Waals surface area contributed by atoms with Gasteiger partial charge in [0.2, 0.25) is 5.76 Å². The Balaban J connectivity index is 1.35. The molecule has 160 valence electrons. The van der Waals surface area contributed by atoms with Gasteiger partial charge in [-0.25, -0.2) is 0 Å². The Kier molecular flexibility index (Phi) is 5.74. The number of rotatable bonds is 8. The Morgan fingerprint density at radius 1 is 1.13 bits per heavy atom. The van der Waals surface area contributed by atoms with Crippen LogP contribution in [0.15, 0.2) is 44.6 Å². The molecule has 0 aliphatic heterocycles. The summed E-state index contributed by atoms with van der Waals surface area (Å²) in [5.41, 5.74) is 0. The predicted molar refractivity (Wildman–Crippen MR) is 115 cm³/mol. The van der Waals surface area contributed by atoms with Crippen LogP contribution >= 0.6 is 11.8 Å². The van der Waals surface area contributed by atoms with E-state index in [4.69, 9.17) is 9.26 Å². The van der Waals surface area contributed by atoms with E-state index in [0.717, 1.165) is 16.7 Å². The van der Waals surface area contributed by atoms with Gasteiger partial charge in [-0.1, -0.05) is 30.0 Å². The third-order valence-corrected chi connectivity index (χ3v) is 7.98. The molecule has 0 saturated heterocycles. The number of aromatic nitrogens is 1. The standard InChI is InChI=1S/C23H29N3O3S/c1-24-7-8-28-23-21(30-18-5-3-2-4-6-18)20(29-26-23)22(27)25-19-16-10-14-9-15(12-16)13-17(19)11-14/h2-6,14-17,19,24H,7-13H2,1H3,(H,25,27). The van der Waals surface area contributed by atoms with Gasteiger partial charge in [0.15, 0.2) is 0 Å². The molecule has 4 bridgehead atoms. The van der Waals surface area contributed by atoms with Crippen LogP contribution in [0.4, 0.5) is 0 Å². The van der Waals surface area contributed by atoms with Gasteiger partial charge in [0, 0.05) is 17.5 Å². The second-order valence-electron chi connectivity index (χ2n) is 8.94. The van der Waals surface area contributed by atoms with Crippen molar-refractivity contribution in [2.75, 3.05) is 20.2 Å². The summed E-state index contributed by atoms with van der Waals surface area (Å²) in [6, 6.07) is 10.2. The Morgan fingerprint density at radius 3 is 2.50 bits per heavy atom. The van der Waals surface area contributed by atoms with Gasteiger partial charge >= 0.3 is 0 Å². The number of carbonyl (C=O) groups excluding carboxylic acids is 1. The second-order valence-corrected chi connectivity index (χ2v) is 10.0. The van der Waals surface area contributed by atoms with Crippen molar-refractivity contribution in [3.05, 3.63) is 36.1 Å². The molecule has 1 heterocycles. The molecule has 0 spiro atoms. The van der Waals surface area contributed by atoms with Crippen LogP contribution in [0.5, 0.6) is 5.88 Å². The average Bonchev–Trinajstić information content (AvgIpc) is 3.13. The second kappa shape index (κ2) is 8.63. The first-order valence-electron chi connectivity index (χ1n) is 11.0. The van der Waals surface area contributed by atoms with Crippen LogP contribution in [0.3, 0.4) is 0 Å². The summed E-state index contributed by atoms with van der Waals surface area (Å²) >= 11 is 1.46.